The maximum atomic E-state index is 14.7. The normalized spacial score (nSPS) is 33.4. The van der Waals surface area contributed by atoms with Crippen molar-refractivity contribution in [1.82, 2.24) is 0 Å². The highest BCUT2D eigenvalue weighted by Gasteiger charge is 2.64. The molecule has 5 heterocycles. The quantitative estimate of drug-likeness (QED) is 0.0154. The zero-order chi connectivity index (χ0) is 76.1. The Balaban J connectivity index is 1.15. The topological polar surface area (TPSA) is 525 Å². The second kappa shape index (κ2) is 36.2. The number of rotatable bonds is 28. The standard InChI is InChI=1S/C69H82O36/c1-31-50(78)54(82)57(85)65(95-31)96-39-19-13-35(25-42(39)91-5)16-22-49(77)100-60-46(29-92-32(2)72)99-68(105-69(30-94-48(76)21-15-34-12-18-38(74)41(24-34)90-4)63(53(81)44(27-71)104-69)103-64(88)36-9-7-6-8-10-36)62(102-66-58(86)55(83)51(79)43(26-70)97-66)61(60)101-67-59(87)56(84)52(80)45(98-67)28-93-47(75)20-14-33-11-17-37(73)40(23-33)89-3/h6-25,31,43-46,50-63,65-68,70-71,73-74,78-87H,26-30H2,1-5H3/b20-14+,21-15+,22-16+/t31-,43+,44+,45+,46+,50-,51+,52+,53+,54+,55-,56-,57+,58+,59+,60+,61-,62+,63-,65-,66-,67-,68+,69-/m0/s1. The van der Waals surface area contributed by atoms with E-state index in [0.717, 1.165) is 31.2 Å². The molecule has 4 aromatic rings. The number of aromatic hydroxyl groups is 2. The molecule has 5 saturated heterocycles. The molecule has 0 saturated carbocycles. The number of ether oxygens (including phenoxy) is 17. The first-order chi connectivity index (χ1) is 50.1. The van der Waals surface area contributed by atoms with Crippen LogP contribution in [-0.2, 0) is 80.8 Å². The minimum atomic E-state index is -3.03. The van der Waals surface area contributed by atoms with Crippen molar-refractivity contribution in [3.05, 3.63) is 125 Å². The summed E-state index contributed by atoms with van der Waals surface area (Å²) in [6.07, 6.45) is -41.0. The number of aliphatic hydroxyl groups excluding tert-OH is 12. The average molecular weight is 1490 g/mol. The molecular weight excluding hydrogens is 1400 g/mol. The van der Waals surface area contributed by atoms with Crippen molar-refractivity contribution < 1.29 is 176 Å². The lowest BCUT2D eigenvalue weighted by atomic mass is 9.95. The van der Waals surface area contributed by atoms with E-state index in [-0.39, 0.29) is 51.2 Å². The van der Waals surface area contributed by atoms with Crippen LogP contribution in [0.5, 0.6) is 34.5 Å². The van der Waals surface area contributed by atoms with Gasteiger partial charge in [0.2, 0.25) is 12.1 Å². The molecule has 0 radical (unpaired) electrons. The van der Waals surface area contributed by atoms with E-state index in [9.17, 15) is 95.5 Å². The smallest absolute Gasteiger partial charge is 0.338 e. The van der Waals surface area contributed by atoms with Crippen LogP contribution < -0.4 is 18.9 Å². The Morgan fingerprint density at radius 3 is 1.53 bits per heavy atom. The van der Waals surface area contributed by atoms with Crippen LogP contribution >= 0.6 is 0 Å². The number of esters is 5. The van der Waals surface area contributed by atoms with Crippen LogP contribution in [0.4, 0.5) is 0 Å². The third-order valence-corrected chi connectivity index (χ3v) is 17.3. The first-order valence-corrected chi connectivity index (χ1v) is 32.5. The van der Waals surface area contributed by atoms with Crippen molar-refractivity contribution in [3.63, 3.8) is 0 Å². The van der Waals surface area contributed by atoms with Gasteiger partial charge in [0.1, 0.15) is 117 Å². The van der Waals surface area contributed by atoms with Crippen molar-refractivity contribution in [2.45, 2.75) is 161 Å². The maximum absolute atomic E-state index is 14.7. The van der Waals surface area contributed by atoms with E-state index in [1.807, 2.05) is 0 Å². The summed E-state index contributed by atoms with van der Waals surface area (Å²) >= 11 is 0. The second-order valence-electron chi connectivity index (χ2n) is 24.4. The molecule has 5 aliphatic rings. The molecule has 0 aliphatic carbocycles. The Hall–Kier alpha value is -8.55. The van der Waals surface area contributed by atoms with Gasteiger partial charge in [0.05, 0.1) is 46.2 Å². The molecule has 9 rings (SSSR count). The maximum Gasteiger partial charge on any atom is 0.338 e. The van der Waals surface area contributed by atoms with Gasteiger partial charge >= 0.3 is 29.8 Å². The van der Waals surface area contributed by atoms with Crippen LogP contribution in [0.3, 0.4) is 0 Å². The molecule has 4 aromatic carbocycles. The van der Waals surface area contributed by atoms with E-state index >= 15 is 0 Å². The number of phenolic OH excluding ortho intramolecular Hbond substituents is 2. The number of methoxy groups -OCH3 is 3. The van der Waals surface area contributed by atoms with Gasteiger partial charge < -0.3 is 152 Å². The molecule has 574 valence electrons. The highest BCUT2D eigenvalue weighted by atomic mass is 16.8. The summed E-state index contributed by atoms with van der Waals surface area (Å²) in [5.41, 5.74) is 0.608. The molecule has 24 atom stereocenters. The van der Waals surface area contributed by atoms with Crippen LogP contribution in [0.2, 0.25) is 0 Å². The molecule has 14 N–H and O–H groups in total. The number of phenols is 2. The van der Waals surface area contributed by atoms with E-state index in [4.69, 9.17) is 80.5 Å². The zero-order valence-electron chi connectivity index (χ0n) is 56.6. The van der Waals surface area contributed by atoms with Crippen molar-refractivity contribution >= 4 is 48.1 Å². The SMILES string of the molecule is COc1cc(/C=C/C(=O)OC[C@H]2O[C@@H](O[C@@H]3[C@@H](O[C@@H]4O[C@H](CO)[C@@H](O)[C@H](O)[C@H]4O)[C@@H](O[C@]4(COC(=O)/C=C/c5ccc(O)c(OC)c5)O[C@H](CO)[C@@H](O)[C@@H]4OC(=O)c4ccccc4)O[C@H](COC(C)=O)[C@H]3OC(=O)/C=C/c3ccc(O[C@@H]4O[C@@H](C)[C@H](O)[C@@H](O)[C@H]4O)c(OC)c3)[C@H](O)[C@@H](O)[C@@H]2O)ccc1O. The fraction of sp³-hybridized carbons (Fsp3) is 0.493. The molecule has 0 aromatic heterocycles. The summed E-state index contributed by atoms with van der Waals surface area (Å²) in [5, 5.41) is 154. The second-order valence-corrected chi connectivity index (χ2v) is 24.4. The molecule has 5 fully saturated rings. The first kappa shape index (κ1) is 80.5. The lowest BCUT2D eigenvalue weighted by Gasteiger charge is -2.50. The molecule has 5 aliphatic heterocycles. The number of carbonyl (C=O) groups excluding carboxylic acids is 5. The molecular formula is C69H82O36. The third-order valence-electron chi connectivity index (χ3n) is 17.3. The lowest BCUT2D eigenvalue weighted by Crippen LogP contribution is -2.69. The Morgan fingerprint density at radius 2 is 0.962 bits per heavy atom. The van der Waals surface area contributed by atoms with Crippen molar-refractivity contribution in [2.75, 3.05) is 54.4 Å². The van der Waals surface area contributed by atoms with Crippen molar-refractivity contribution in [2.24, 2.45) is 0 Å². The Kier molecular flexibility index (Phi) is 27.7. The molecule has 36 heteroatoms. The first-order valence-electron chi connectivity index (χ1n) is 32.5. The van der Waals surface area contributed by atoms with Gasteiger partial charge in [-0.2, -0.15) is 0 Å². The summed E-state index contributed by atoms with van der Waals surface area (Å²) in [7, 11) is 3.80. The predicted octanol–water partition coefficient (Wildman–Crippen LogP) is -2.88. The molecule has 36 nitrogen and oxygen atoms in total. The van der Waals surface area contributed by atoms with Gasteiger partial charge in [-0.3, -0.25) is 4.79 Å². The van der Waals surface area contributed by atoms with Gasteiger partial charge in [0.25, 0.3) is 0 Å². The van der Waals surface area contributed by atoms with Gasteiger partial charge in [-0.15, -0.1) is 0 Å². The summed E-state index contributed by atoms with van der Waals surface area (Å²) in [5.74, 6) is -9.46. The van der Waals surface area contributed by atoms with Crippen molar-refractivity contribution in [3.8, 4) is 34.5 Å². The summed E-state index contributed by atoms with van der Waals surface area (Å²) in [6, 6.07) is 19.1. The molecule has 0 bridgehead atoms. The number of aliphatic hydroxyl groups is 12. The number of benzene rings is 4. The molecule has 0 amide bonds. The van der Waals surface area contributed by atoms with E-state index in [2.05, 4.69) is 0 Å². The summed E-state index contributed by atoms with van der Waals surface area (Å²) in [4.78, 5) is 69.0. The number of carbonyl (C=O) groups is 5. The minimum Gasteiger partial charge on any atom is -0.504 e. The van der Waals surface area contributed by atoms with E-state index in [1.54, 1.807) is 6.07 Å². The highest BCUT2D eigenvalue weighted by Crippen LogP contribution is 2.43. The largest absolute Gasteiger partial charge is 0.504 e. The van der Waals surface area contributed by atoms with Gasteiger partial charge in [0.15, 0.2) is 65.6 Å². The average Bonchev–Trinajstić information content (AvgIpc) is 1.63. The van der Waals surface area contributed by atoms with Crippen molar-refractivity contribution in [1.29, 1.82) is 0 Å². The predicted molar refractivity (Wildman–Crippen MR) is 347 cm³/mol. The Morgan fingerprint density at radius 1 is 0.467 bits per heavy atom. The summed E-state index contributed by atoms with van der Waals surface area (Å²) in [6.45, 7) is -3.10. The monoisotopic (exact) mass is 1490 g/mol. The van der Waals surface area contributed by atoms with Gasteiger partial charge in [-0.1, -0.05) is 36.4 Å². The minimum absolute atomic E-state index is 0.00260. The van der Waals surface area contributed by atoms with Crippen LogP contribution in [0.25, 0.3) is 18.2 Å². The Labute approximate surface area is 597 Å². The van der Waals surface area contributed by atoms with Gasteiger partial charge in [-0.25, -0.2) is 19.2 Å². The highest BCUT2D eigenvalue weighted by molar-refractivity contribution is 5.90. The van der Waals surface area contributed by atoms with E-state index < -0.39 is 210 Å². The number of hydrogen-bond donors (Lipinski definition) is 14. The molecule has 0 unspecified atom stereocenters. The zero-order valence-corrected chi connectivity index (χ0v) is 56.6. The number of hydrogen-bond acceptors (Lipinski definition) is 36. The van der Waals surface area contributed by atoms with E-state index in [1.165, 1.54) is 119 Å². The Bertz CT molecular complexity index is 3680. The fourth-order valence-electron chi connectivity index (χ4n) is 11.6. The fourth-order valence-corrected chi connectivity index (χ4v) is 11.6. The molecule has 0 spiro atoms. The lowest BCUT2D eigenvalue weighted by molar-refractivity contribution is -0.421. The third kappa shape index (κ3) is 19.4. The van der Waals surface area contributed by atoms with Crippen LogP contribution in [0, 0.1) is 0 Å². The van der Waals surface area contributed by atoms with E-state index in [0.29, 0.717) is 5.56 Å². The summed E-state index contributed by atoms with van der Waals surface area (Å²) < 4.78 is 100. The van der Waals surface area contributed by atoms with Crippen LogP contribution in [0.15, 0.2) is 103 Å². The van der Waals surface area contributed by atoms with Gasteiger partial charge in [-0.05, 0) is 90.4 Å². The van der Waals surface area contributed by atoms with Crippen LogP contribution in [-0.4, -0.2) is 303 Å². The van der Waals surface area contributed by atoms with Crippen LogP contribution in [0.1, 0.15) is 40.9 Å². The van der Waals surface area contributed by atoms with Gasteiger partial charge in [0, 0.05) is 25.2 Å². The molecule has 105 heavy (non-hydrogen) atoms.